The van der Waals surface area contributed by atoms with E-state index in [1.165, 1.54) is 0 Å². The second-order valence-corrected chi connectivity index (χ2v) is 7.48. The molecule has 0 fully saturated rings. The Morgan fingerprint density at radius 3 is 2.41 bits per heavy atom. The first-order valence-corrected chi connectivity index (χ1v) is 8.55. The van der Waals surface area contributed by atoms with Gasteiger partial charge in [0, 0.05) is 12.2 Å². The summed E-state index contributed by atoms with van der Waals surface area (Å²) >= 11 is 0. The third-order valence-electron chi connectivity index (χ3n) is 2.19. The zero-order chi connectivity index (χ0) is 13.5. The molecule has 0 aliphatic carbocycles. The van der Waals surface area contributed by atoms with Gasteiger partial charge in [0.2, 0.25) is 0 Å². The molecule has 0 radical (unpaired) electrons. The number of hydrogen-bond acceptors (Lipinski definition) is 4. The normalized spacial score (nSPS) is 16.1. The van der Waals surface area contributed by atoms with Gasteiger partial charge >= 0.3 is 14.5 Å². The number of rotatable bonds is 8. The predicted octanol–water partition coefficient (Wildman–Crippen LogP) is 2.99. The molecule has 100 valence electrons. The van der Waals surface area contributed by atoms with Crippen molar-refractivity contribution in [3.63, 3.8) is 0 Å². The largest absolute Gasteiger partial charge is 0.434 e. The second kappa shape index (κ2) is 7.63. The molecule has 0 heterocycles. The molecular weight excluding hydrogens is 236 g/mol. The summed E-state index contributed by atoms with van der Waals surface area (Å²) in [5.41, 5.74) is 0.371. The van der Waals surface area contributed by atoms with Crippen LogP contribution in [0.2, 0.25) is 12.6 Å². The number of carbonyl (C=O) groups excluding carboxylic acids is 1. The molecule has 0 aliphatic heterocycles. The fraction of sp³-hybridized carbons (Fsp3) is 0.750. The molecule has 0 N–H and O–H groups in total. The van der Waals surface area contributed by atoms with Crippen molar-refractivity contribution in [3.05, 3.63) is 12.2 Å². The van der Waals surface area contributed by atoms with Gasteiger partial charge in [0.25, 0.3) is 0 Å². The summed E-state index contributed by atoms with van der Waals surface area (Å²) in [5.74, 6) is -0.429. The molecule has 0 aromatic rings. The van der Waals surface area contributed by atoms with E-state index in [1.807, 2.05) is 13.5 Å². The van der Waals surface area contributed by atoms with Crippen LogP contribution in [0.1, 0.15) is 34.1 Å². The topological polar surface area (TPSA) is 44.8 Å². The Kier molecular flexibility index (Phi) is 7.34. The lowest BCUT2D eigenvalue weighted by molar-refractivity contribution is -0.159. The van der Waals surface area contributed by atoms with Gasteiger partial charge in [0.05, 0.1) is 0 Å². The molecule has 2 unspecified atom stereocenters. The molecule has 0 bridgehead atoms. The van der Waals surface area contributed by atoms with Crippen molar-refractivity contribution in [2.45, 2.75) is 53.0 Å². The van der Waals surface area contributed by atoms with Crippen LogP contribution < -0.4 is 0 Å². The van der Waals surface area contributed by atoms with Gasteiger partial charge in [-0.3, -0.25) is 0 Å². The van der Waals surface area contributed by atoms with E-state index in [0.717, 1.165) is 12.5 Å². The molecule has 17 heavy (non-hydrogen) atoms. The van der Waals surface area contributed by atoms with Crippen molar-refractivity contribution in [2.24, 2.45) is 0 Å². The first-order valence-electron chi connectivity index (χ1n) is 6.03. The van der Waals surface area contributed by atoms with Crippen molar-refractivity contribution >= 4 is 14.5 Å². The summed E-state index contributed by atoms with van der Waals surface area (Å²) in [5, 5.41) is 0. The third kappa shape index (κ3) is 6.60. The smallest absolute Gasteiger partial charge is 0.337 e. The number of carbonyl (C=O) groups is 1. The summed E-state index contributed by atoms with van der Waals surface area (Å²) in [6, 6.07) is 0.885. The van der Waals surface area contributed by atoms with Crippen LogP contribution in [0.4, 0.5) is 0 Å². The molecule has 0 aromatic heterocycles. The van der Waals surface area contributed by atoms with Gasteiger partial charge in [-0.05, 0) is 33.4 Å². The Bertz CT molecular complexity index is 259. The first kappa shape index (κ1) is 16.3. The minimum absolute atomic E-state index is 0.371. The Morgan fingerprint density at radius 2 is 2.00 bits per heavy atom. The predicted molar refractivity (Wildman–Crippen MR) is 69.8 cm³/mol. The highest BCUT2D eigenvalue weighted by molar-refractivity contribution is 6.66. The van der Waals surface area contributed by atoms with E-state index < -0.39 is 20.8 Å². The molecule has 0 spiro atoms. The molecule has 0 rings (SSSR count). The highest BCUT2D eigenvalue weighted by Crippen LogP contribution is 2.18. The Labute approximate surface area is 105 Å². The summed E-state index contributed by atoms with van der Waals surface area (Å²) in [4.78, 5) is 11.3. The van der Waals surface area contributed by atoms with Gasteiger partial charge in [-0.1, -0.05) is 19.9 Å². The monoisotopic (exact) mass is 260 g/mol. The van der Waals surface area contributed by atoms with E-state index in [4.69, 9.17) is 13.6 Å². The average Bonchev–Trinajstić information content (AvgIpc) is 2.16. The van der Waals surface area contributed by atoms with E-state index in [1.54, 1.807) is 13.8 Å². The van der Waals surface area contributed by atoms with E-state index in [-0.39, 0.29) is 0 Å². The standard InChI is InChI=1S/C12H24O4Si/c1-7-9-17(6,14-8-2)16-11(5)15-12(13)10(3)4/h11H,3,7-9H2,1-2,4-6H3. The van der Waals surface area contributed by atoms with Crippen molar-refractivity contribution in [3.8, 4) is 0 Å². The van der Waals surface area contributed by atoms with E-state index in [2.05, 4.69) is 13.5 Å². The highest BCUT2D eigenvalue weighted by atomic mass is 28.4. The van der Waals surface area contributed by atoms with E-state index in [0.29, 0.717) is 12.2 Å². The lowest BCUT2D eigenvalue weighted by Crippen LogP contribution is -2.42. The summed E-state index contributed by atoms with van der Waals surface area (Å²) in [6.45, 7) is 13.5. The Morgan fingerprint density at radius 1 is 1.41 bits per heavy atom. The number of hydrogen-bond donors (Lipinski definition) is 0. The van der Waals surface area contributed by atoms with Gasteiger partial charge in [0.15, 0.2) is 6.29 Å². The van der Waals surface area contributed by atoms with Gasteiger partial charge < -0.3 is 13.6 Å². The lowest BCUT2D eigenvalue weighted by Gasteiger charge is -2.29. The molecule has 5 heteroatoms. The maximum Gasteiger partial charge on any atom is 0.337 e. The maximum absolute atomic E-state index is 11.3. The third-order valence-corrected chi connectivity index (χ3v) is 5.33. The van der Waals surface area contributed by atoms with Crippen LogP contribution in [0, 0.1) is 0 Å². The van der Waals surface area contributed by atoms with Gasteiger partial charge in [-0.25, -0.2) is 4.79 Å². The summed E-state index contributed by atoms with van der Waals surface area (Å²) in [7, 11) is -2.22. The average molecular weight is 260 g/mol. The molecule has 0 saturated carbocycles. The van der Waals surface area contributed by atoms with Crippen LogP contribution >= 0.6 is 0 Å². The molecular formula is C12H24O4Si. The Balaban J connectivity index is 4.34. The minimum Gasteiger partial charge on any atom is -0.434 e. The highest BCUT2D eigenvalue weighted by Gasteiger charge is 2.33. The minimum atomic E-state index is -2.22. The van der Waals surface area contributed by atoms with Crippen LogP contribution in [-0.2, 0) is 18.4 Å². The zero-order valence-electron chi connectivity index (χ0n) is 11.5. The van der Waals surface area contributed by atoms with E-state index >= 15 is 0 Å². The SMILES string of the molecule is C=C(C)C(=O)OC(C)O[Si](C)(CCC)OCC. The van der Waals surface area contributed by atoms with Crippen LogP contribution in [0.5, 0.6) is 0 Å². The van der Waals surface area contributed by atoms with Crippen LogP contribution in [0.25, 0.3) is 0 Å². The fourth-order valence-corrected chi connectivity index (χ4v) is 4.15. The number of ether oxygens (including phenoxy) is 1. The van der Waals surface area contributed by atoms with Gasteiger partial charge in [0.1, 0.15) is 0 Å². The summed E-state index contributed by atoms with van der Waals surface area (Å²) in [6.07, 6.45) is 0.401. The van der Waals surface area contributed by atoms with Crippen LogP contribution in [0.3, 0.4) is 0 Å². The maximum atomic E-state index is 11.3. The number of esters is 1. The molecule has 0 saturated heterocycles. The van der Waals surface area contributed by atoms with Gasteiger partial charge in [-0.2, -0.15) is 0 Å². The van der Waals surface area contributed by atoms with Crippen molar-refractivity contribution in [1.29, 1.82) is 0 Å². The molecule has 2 atom stereocenters. The van der Waals surface area contributed by atoms with Crippen LogP contribution in [-0.4, -0.2) is 27.4 Å². The second-order valence-electron chi connectivity index (χ2n) is 4.19. The first-order chi connectivity index (χ1) is 7.84. The fourth-order valence-electron chi connectivity index (χ4n) is 1.55. The molecule has 4 nitrogen and oxygen atoms in total. The Hall–Kier alpha value is -0.653. The molecule has 0 aliphatic rings. The lowest BCUT2D eigenvalue weighted by atomic mass is 10.4. The van der Waals surface area contributed by atoms with Crippen molar-refractivity contribution < 1.29 is 18.4 Å². The van der Waals surface area contributed by atoms with Gasteiger partial charge in [-0.15, -0.1) is 0 Å². The zero-order valence-corrected chi connectivity index (χ0v) is 12.5. The van der Waals surface area contributed by atoms with Crippen molar-refractivity contribution in [1.82, 2.24) is 0 Å². The summed E-state index contributed by atoms with van der Waals surface area (Å²) < 4.78 is 16.6. The molecule has 0 aromatic carbocycles. The quantitative estimate of drug-likeness (QED) is 0.291. The van der Waals surface area contributed by atoms with Crippen LogP contribution in [0.15, 0.2) is 12.2 Å². The molecule has 0 amide bonds. The van der Waals surface area contributed by atoms with Crippen molar-refractivity contribution in [2.75, 3.05) is 6.61 Å². The van der Waals surface area contributed by atoms with E-state index in [9.17, 15) is 4.79 Å².